The third kappa shape index (κ3) is 2.12. The predicted molar refractivity (Wildman–Crippen MR) is 60.7 cm³/mol. The van der Waals surface area contributed by atoms with Gasteiger partial charge in [-0.1, -0.05) is 0 Å². The first-order chi connectivity index (χ1) is 7.16. The zero-order valence-electron chi connectivity index (χ0n) is 7.37. The largest absolute Gasteiger partial charge is 0.274 e. The second kappa shape index (κ2) is 3.93. The van der Waals surface area contributed by atoms with Crippen molar-refractivity contribution >= 4 is 28.3 Å². The molecule has 0 saturated carbocycles. The second-order valence-electron chi connectivity index (χ2n) is 2.73. The molecular weight excluding hydrogens is 311 g/mol. The minimum absolute atomic E-state index is 0.00510. The fourth-order valence-corrected chi connectivity index (χ4v) is 1.46. The van der Waals surface area contributed by atoms with Crippen molar-refractivity contribution in [3.63, 3.8) is 0 Å². The van der Waals surface area contributed by atoms with E-state index < -0.39 is 4.92 Å². The van der Waals surface area contributed by atoms with Gasteiger partial charge in [0.25, 0.3) is 5.69 Å². The molecule has 76 valence electrons. The Morgan fingerprint density at radius 1 is 1.53 bits per heavy atom. The van der Waals surface area contributed by atoms with Gasteiger partial charge < -0.3 is 0 Å². The maximum atomic E-state index is 10.5. The number of nitrogens with zero attached hydrogens (tertiary/aromatic N) is 4. The number of rotatable bonds is 2. The number of hydrogen-bond donors (Lipinski definition) is 0. The van der Waals surface area contributed by atoms with Crippen LogP contribution in [0.15, 0.2) is 30.7 Å². The third-order valence-electron chi connectivity index (χ3n) is 1.73. The Labute approximate surface area is 98.2 Å². The lowest BCUT2D eigenvalue weighted by molar-refractivity contribution is -0.384. The lowest BCUT2D eigenvalue weighted by Gasteiger charge is -1.98. The number of aromatic nitrogens is 3. The summed E-state index contributed by atoms with van der Waals surface area (Å²) in [7, 11) is 0. The van der Waals surface area contributed by atoms with Gasteiger partial charge in [-0.25, -0.2) is 9.67 Å². The van der Waals surface area contributed by atoms with Gasteiger partial charge in [-0.2, -0.15) is 5.10 Å². The summed E-state index contributed by atoms with van der Waals surface area (Å²) in [5.74, 6) is 0.437. The van der Waals surface area contributed by atoms with Crippen LogP contribution >= 0.6 is 22.6 Å². The first kappa shape index (κ1) is 10.0. The molecule has 0 bridgehead atoms. The number of halogens is 1. The van der Waals surface area contributed by atoms with Crippen LogP contribution in [0.3, 0.4) is 0 Å². The van der Waals surface area contributed by atoms with Gasteiger partial charge in [0.15, 0.2) is 5.82 Å². The number of nitro groups is 1. The van der Waals surface area contributed by atoms with Crippen LogP contribution in [-0.4, -0.2) is 19.7 Å². The van der Waals surface area contributed by atoms with Crippen LogP contribution in [0.2, 0.25) is 0 Å². The standard InChI is InChI=1S/C8H5IN4O2/c9-6-4-11-12(5-6)8-3-7(13(14)15)1-2-10-8/h1-5H. The number of pyridine rings is 1. The highest BCUT2D eigenvalue weighted by Gasteiger charge is 2.08. The Balaban J connectivity index is 2.45. The van der Waals surface area contributed by atoms with E-state index in [-0.39, 0.29) is 5.69 Å². The van der Waals surface area contributed by atoms with Crippen molar-refractivity contribution in [2.75, 3.05) is 0 Å². The van der Waals surface area contributed by atoms with E-state index in [2.05, 4.69) is 32.7 Å². The Kier molecular flexibility index (Phi) is 2.62. The third-order valence-corrected chi connectivity index (χ3v) is 2.28. The Morgan fingerprint density at radius 2 is 2.33 bits per heavy atom. The van der Waals surface area contributed by atoms with Gasteiger partial charge in [-0.15, -0.1) is 0 Å². The van der Waals surface area contributed by atoms with E-state index in [1.54, 1.807) is 12.4 Å². The smallest absolute Gasteiger partial charge is 0.258 e. The van der Waals surface area contributed by atoms with Crippen LogP contribution < -0.4 is 0 Å². The molecule has 0 N–H and O–H groups in total. The molecule has 0 aliphatic rings. The molecule has 0 spiro atoms. The van der Waals surface area contributed by atoms with Crippen molar-refractivity contribution in [3.8, 4) is 5.82 Å². The molecule has 2 aromatic heterocycles. The van der Waals surface area contributed by atoms with E-state index in [1.165, 1.54) is 23.0 Å². The first-order valence-electron chi connectivity index (χ1n) is 3.98. The van der Waals surface area contributed by atoms with E-state index in [4.69, 9.17) is 0 Å². The molecule has 2 rings (SSSR count). The minimum Gasteiger partial charge on any atom is -0.258 e. The molecule has 2 heterocycles. The van der Waals surface area contributed by atoms with E-state index in [9.17, 15) is 10.1 Å². The molecule has 0 radical (unpaired) electrons. The second-order valence-corrected chi connectivity index (χ2v) is 3.98. The summed E-state index contributed by atoms with van der Waals surface area (Å²) in [4.78, 5) is 14.1. The molecule has 6 nitrogen and oxygen atoms in total. The first-order valence-corrected chi connectivity index (χ1v) is 5.06. The van der Waals surface area contributed by atoms with Gasteiger partial charge in [0.05, 0.1) is 20.8 Å². The van der Waals surface area contributed by atoms with E-state index in [1.807, 2.05) is 0 Å². The molecule has 0 saturated heterocycles. The molecule has 0 aliphatic heterocycles. The fraction of sp³-hybridized carbons (Fsp3) is 0. The van der Waals surface area contributed by atoms with Gasteiger partial charge in [-0.05, 0) is 22.6 Å². The van der Waals surface area contributed by atoms with Gasteiger partial charge in [0.1, 0.15) is 0 Å². The minimum atomic E-state index is -0.459. The molecule has 0 aromatic carbocycles. The predicted octanol–water partition coefficient (Wildman–Crippen LogP) is 1.78. The molecule has 0 unspecified atom stereocenters. The molecule has 2 aromatic rings. The molecule has 7 heteroatoms. The highest BCUT2D eigenvalue weighted by atomic mass is 127. The molecule has 0 amide bonds. The zero-order chi connectivity index (χ0) is 10.8. The fourth-order valence-electron chi connectivity index (χ4n) is 1.07. The zero-order valence-corrected chi connectivity index (χ0v) is 9.53. The van der Waals surface area contributed by atoms with Crippen LogP contribution in [0.5, 0.6) is 0 Å². The van der Waals surface area contributed by atoms with E-state index in [0.29, 0.717) is 5.82 Å². The SMILES string of the molecule is O=[N+]([O-])c1ccnc(-n2cc(I)cn2)c1. The topological polar surface area (TPSA) is 73.8 Å². The maximum Gasteiger partial charge on any atom is 0.274 e. The Hall–Kier alpha value is -1.51. The van der Waals surface area contributed by atoms with Crippen LogP contribution in [0.4, 0.5) is 5.69 Å². The molecule has 0 atom stereocenters. The van der Waals surface area contributed by atoms with Crippen LogP contribution in [0.25, 0.3) is 5.82 Å². The maximum absolute atomic E-state index is 10.5. The van der Waals surface area contributed by atoms with Crippen LogP contribution in [0.1, 0.15) is 0 Å². The quantitative estimate of drug-likeness (QED) is 0.481. The highest BCUT2D eigenvalue weighted by molar-refractivity contribution is 14.1. The summed E-state index contributed by atoms with van der Waals surface area (Å²) in [6.07, 6.45) is 4.79. The van der Waals surface area contributed by atoms with Crippen molar-refractivity contribution in [1.29, 1.82) is 0 Å². The normalized spacial score (nSPS) is 10.2. The van der Waals surface area contributed by atoms with Crippen molar-refractivity contribution in [1.82, 2.24) is 14.8 Å². The van der Waals surface area contributed by atoms with Gasteiger partial charge in [-0.3, -0.25) is 10.1 Å². The van der Waals surface area contributed by atoms with Crippen molar-refractivity contribution in [2.45, 2.75) is 0 Å². The summed E-state index contributed by atoms with van der Waals surface area (Å²) < 4.78 is 2.44. The lowest BCUT2D eigenvalue weighted by atomic mass is 10.4. The van der Waals surface area contributed by atoms with Gasteiger partial charge in [0.2, 0.25) is 0 Å². The summed E-state index contributed by atoms with van der Waals surface area (Å²) in [6.45, 7) is 0. The lowest BCUT2D eigenvalue weighted by Crippen LogP contribution is -1.98. The molecule has 0 fully saturated rings. The summed E-state index contributed by atoms with van der Waals surface area (Å²) >= 11 is 2.10. The highest BCUT2D eigenvalue weighted by Crippen LogP contribution is 2.14. The van der Waals surface area contributed by atoms with Crippen molar-refractivity contribution in [3.05, 3.63) is 44.4 Å². The Morgan fingerprint density at radius 3 is 2.93 bits per heavy atom. The Bertz CT molecular complexity index is 511. The summed E-state index contributed by atoms with van der Waals surface area (Å²) in [6, 6.07) is 2.72. The van der Waals surface area contributed by atoms with Gasteiger partial charge >= 0.3 is 0 Å². The van der Waals surface area contributed by atoms with E-state index >= 15 is 0 Å². The van der Waals surface area contributed by atoms with Gasteiger partial charge in [0, 0.05) is 18.5 Å². The molecule has 0 aliphatic carbocycles. The number of hydrogen-bond acceptors (Lipinski definition) is 4. The van der Waals surface area contributed by atoms with Crippen molar-refractivity contribution < 1.29 is 4.92 Å². The monoisotopic (exact) mass is 316 g/mol. The molecule has 15 heavy (non-hydrogen) atoms. The van der Waals surface area contributed by atoms with Crippen LogP contribution in [-0.2, 0) is 0 Å². The summed E-state index contributed by atoms with van der Waals surface area (Å²) in [5, 5.41) is 14.5. The average molecular weight is 316 g/mol. The molecular formula is C8H5IN4O2. The van der Waals surface area contributed by atoms with Crippen LogP contribution in [0, 0.1) is 13.7 Å². The average Bonchev–Trinajstić information content (AvgIpc) is 2.65. The van der Waals surface area contributed by atoms with E-state index in [0.717, 1.165) is 3.57 Å². The summed E-state index contributed by atoms with van der Waals surface area (Å²) in [5.41, 5.74) is 0.00510. The van der Waals surface area contributed by atoms with Crippen molar-refractivity contribution in [2.24, 2.45) is 0 Å².